The van der Waals surface area contributed by atoms with Crippen LogP contribution in [-0.2, 0) is 4.79 Å². The number of anilines is 2. The Bertz CT molecular complexity index is 788. The Kier molecular flexibility index (Phi) is 5.98. The number of rotatable bonds is 6. The molecule has 0 saturated heterocycles. The minimum absolute atomic E-state index is 0.117. The normalized spacial score (nSPS) is 10.4. The number of nitro groups is 1. The summed E-state index contributed by atoms with van der Waals surface area (Å²) in [6.07, 6.45) is 0. The van der Waals surface area contributed by atoms with Gasteiger partial charge < -0.3 is 10.2 Å². The van der Waals surface area contributed by atoms with E-state index in [9.17, 15) is 14.9 Å². The zero-order chi connectivity index (χ0) is 18.6. The quantitative estimate of drug-likeness (QED) is 0.613. The molecule has 0 radical (unpaired) electrons. The molecule has 0 aliphatic heterocycles. The lowest BCUT2D eigenvalue weighted by molar-refractivity contribution is -0.384. The number of aryl methyl sites for hydroxylation is 2. The van der Waals surface area contributed by atoms with Crippen molar-refractivity contribution in [1.29, 1.82) is 0 Å². The van der Waals surface area contributed by atoms with Crippen LogP contribution in [0.2, 0.25) is 5.02 Å². The number of non-ortho nitro benzene ring substituents is 1. The lowest BCUT2D eigenvalue weighted by atomic mass is 10.1. The van der Waals surface area contributed by atoms with E-state index in [-0.39, 0.29) is 23.2 Å². The molecule has 0 bridgehead atoms. The average Bonchev–Trinajstić information content (AvgIpc) is 2.53. The predicted molar refractivity (Wildman–Crippen MR) is 101 cm³/mol. The predicted octanol–water partition coefficient (Wildman–Crippen LogP) is 4.33. The van der Waals surface area contributed by atoms with Crippen LogP contribution in [0.15, 0.2) is 36.4 Å². The maximum Gasteiger partial charge on any atom is 0.271 e. The van der Waals surface area contributed by atoms with Crippen LogP contribution in [0.4, 0.5) is 17.1 Å². The zero-order valence-corrected chi connectivity index (χ0v) is 15.1. The molecule has 0 unspecified atom stereocenters. The van der Waals surface area contributed by atoms with Gasteiger partial charge in [-0.3, -0.25) is 14.9 Å². The van der Waals surface area contributed by atoms with Crippen molar-refractivity contribution in [2.45, 2.75) is 20.8 Å². The third-order valence-corrected chi connectivity index (χ3v) is 4.04. The van der Waals surface area contributed by atoms with Gasteiger partial charge in [-0.15, -0.1) is 0 Å². The number of nitrogens with zero attached hydrogens (tertiary/aromatic N) is 2. The first-order valence-electron chi connectivity index (χ1n) is 7.87. The van der Waals surface area contributed by atoms with Gasteiger partial charge in [-0.2, -0.15) is 0 Å². The molecule has 132 valence electrons. The maximum atomic E-state index is 12.4. The van der Waals surface area contributed by atoms with Crippen LogP contribution >= 0.6 is 11.6 Å². The fraction of sp³-hybridized carbons (Fsp3) is 0.278. The monoisotopic (exact) mass is 361 g/mol. The van der Waals surface area contributed by atoms with Crippen LogP contribution in [0.25, 0.3) is 0 Å². The molecule has 0 spiro atoms. The van der Waals surface area contributed by atoms with Crippen molar-refractivity contribution in [3.05, 3.63) is 62.7 Å². The van der Waals surface area contributed by atoms with Gasteiger partial charge in [-0.1, -0.05) is 17.7 Å². The van der Waals surface area contributed by atoms with Crippen LogP contribution in [0.1, 0.15) is 18.1 Å². The highest BCUT2D eigenvalue weighted by Crippen LogP contribution is 2.26. The first-order chi connectivity index (χ1) is 11.8. The third kappa shape index (κ3) is 4.93. The van der Waals surface area contributed by atoms with Crippen LogP contribution < -0.4 is 10.2 Å². The molecule has 1 N–H and O–H groups in total. The van der Waals surface area contributed by atoms with Gasteiger partial charge >= 0.3 is 0 Å². The summed E-state index contributed by atoms with van der Waals surface area (Å²) < 4.78 is 0. The number of likely N-dealkylation sites (N-methyl/N-ethyl adjacent to an activating group) is 1. The SMILES string of the molecule is CCN(CC(=O)Nc1ccc([N+](=O)[O-])cc1Cl)c1cc(C)cc(C)c1. The van der Waals surface area contributed by atoms with Crippen molar-refractivity contribution in [3.8, 4) is 0 Å². The summed E-state index contributed by atoms with van der Waals surface area (Å²) in [7, 11) is 0. The zero-order valence-electron chi connectivity index (χ0n) is 14.4. The Morgan fingerprint density at radius 1 is 1.20 bits per heavy atom. The largest absolute Gasteiger partial charge is 0.362 e. The van der Waals surface area contributed by atoms with E-state index in [1.165, 1.54) is 18.2 Å². The average molecular weight is 362 g/mol. The maximum absolute atomic E-state index is 12.4. The fourth-order valence-electron chi connectivity index (χ4n) is 2.60. The van der Waals surface area contributed by atoms with Crippen molar-refractivity contribution in [2.75, 3.05) is 23.3 Å². The van der Waals surface area contributed by atoms with E-state index in [1.54, 1.807) is 0 Å². The second-order valence-electron chi connectivity index (χ2n) is 5.83. The Labute approximate surface area is 151 Å². The third-order valence-electron chi connectivity index (χ3n) is 3.73. The van der Waals surface area contributed by atoms with Gasteiger partial charge in [0.25, 0.3) is 5.69 Å². The highest BCUT2D eigenvalue weighted by molar-refractivity contribution is 6.34. The van der Waals surface area contributed by atoms with Gasteiger partial charge in [-0.25, -0.2) is 0 Å². The Hall–Kier alpha value is -2.60. The smallest absolute Gasteiger partial charge is 0.271 e. The van der Waals surface area contributed by atoms with Crippen molar-refractivity contribution >= 4 is 34.6 Å². The summed E-state index contributed by atoms with van der Waals surface area (Å²) in [6.45, 7) is 6.84. The Morgan fingerprint density at radius 3 is 2.36 bits per heavy atom. The lowest BCUT2D eigenvalue weighted by Crippen LogP contribution is -2.33. The van der Waals surface area contributed by atoms with E-state index < -0.39 is 4.92 Å². The summed E-state index contributed by atoms with van der Waals surface area (Å²) >= 11 is 6.01. The van der Waals surface area contributed by atoms with Gasteiger partial charge in [0, 0.05) is 24.4 Å². The molecule has 0 saturated carbocycles. The first-order valence-corrected chi connectivity index (χ1v) is 8.25. The summed E-state index contributed by atoms with van der Waals surface area (Å²) in [5.41, 5.74) is 3.48. The lowest BCUT2D eigenvalue weighted by Gasteiger charge is -2.23. The van der Waals surface area contributed by atoms with Gasteiger partial charge in [0.2, 0.25) is 5.91 Å². The van der Waals surface area contributed by atoms with Gasteiger partial charge in [0.05, 0.1) is 22.2 Å². The molecule has 0 aliphatic carbocycles. The number of hydrogen-bond donors (Lipinski definition) is 1. The number of hydrogen-bond acceptors (Lipinski definition) is 4. The molecular formula is C18H20ClN3O3. The number of halogens is 1. The Balaban J connectivity index is 2.11. The molecule has 0 aromatic heterocycles. The molecule has 0 heterocycles. The summed E-state index contributed by atoms with van der Waals surface area (Å²) in [5, 5.41) is 13.6. The molecule has 2 rings (SSSR count). The molecule has 2 aromatic rings. The van der Waals surface area contributed by atoms with Crippen molar-refractivity contribution in [3.63, 3.8) is 0 Å². The Morgan fingerprint density at radius 2 is 1.84 bits per heavy atom. The van der Waals surface area contributed by atoms with E-state index >= 15 is 0 Å². The molecule has 0 fully saturated rings. The molecule has 7 heteroatoms. The molecular weight excluding hydrogens is 342 g/mol. The second-order valence-corrected chi connectivity index (χ2v) is 6.24. The molecule has 0 atom stereocenters. The van der Waals surface area contributed by atoms with Gasteiger partial charge in [-0.05, 0) is 50.1 Å². The van der Waals surface area contributed by atoms with E-state index in [4.69, 9.17) is 11.6 Å². The van der Waals surface area contributed by atoms with Crippen LogP contribution in [0.3, 0.4) is 0 Å². The van der Waals surface area contributed by atoms with Crippen LogP contribution in [-0.4, -0.2) is 23.9 Å². The van der Waals surface area contributed by atoms with E-state index in [2.05, 4.69) is 11.4 Å². The van der Waals surface area contributed by atoms with Crippen molar-refractivity contribution < 1.29 is 9.72 Å². The van der Waals surface area contributed by atoms with E-state index in [0.717, 1.165) is 16.8 Å². The summed E-state index contributed by atoms with van der Waals surface area (Å²) in [5.74, 6) is -0.239. The number of benzene rings is 2. The fourth-order valence-corrected chi connectivity index (χ4v) is 2.82. The number of nitro benzene ring substituents is 1. The topological polar surface area (TPSA) is 75.5 Å². The first kappa shape index (κ1) is 18.7. The van der Waals surface area contributed by atoms with Crippen LogP contribution in [0, 0.1) is 24.0 Å². The second kappa shape index (κ2) is 7.98. The minimum atomic E-state index is -0.531. The number of carbonyl (C=O) groups excluding carboxylic acids is 1. The molecule has 0 aliphatic rings. The van der Waals surface area contributed by atoms with E-state index in [1.807, 2.05) is 37.8 Å². The molecule has 2 aromatic carbocycles. The summed E-state index contributed by atoms with van der Waals surface area (Å²) in [6, 6.07) is 10.1. The molecule has 25 heavy (non-hydrogen) atoms. The highest BCUT2D eigenvalue weighted by atomic mass is 35.5. The van der Waals surface area contributed by atoms with E-state index in [0.29, 0.717) is 12.2 Å². The van der Waals surface area contributed by atoms with Gasteiger partial charge in [0.1, 0.15) is 0 Å². The highest BCUT2D eigenvalue weighted by Gasteiger charge is 2.14. The number of nitrogens with one attached hydrogen (secondary N) is 1. The standard InChI is InChI=1S/C18H20ClN3O3/c1-4-21(15-8-12(2)7-13(3)9-15)11-18(23)20-17-6-5-14(22(24)25)10-16(17)19/h5-10H,4,11H2,1-3H3,(H,20,23). The minimum Gasteiger partial charge on any atom is -0.362 e. The molecule has 6 nitrogen and oxygen atoms in total. The van der Waals surface area contributed by atoms with Gasteiger partial charge in [0.15, 0.2) is 0 Å². The van der Waals surface area contributed by atoms with Crippen LogP contribution in [0.5, 0.6) is 0 Å². The summed E-state index contributed by atoms with van der Waals surface area (Å²) in [4.78, 5) is 24.5. The number of carbonyl (C=O) groups is 1. The van der Waals surface area contributed by atoms with Crippen molar-refractivity contribution in [1.82, 2.24) is 0 Å². The number of amides is 1. The molecule has 1 amide bonds. The van der Waals surface area contributed by atoms with Crippen molar-refractivity contribution in [2.24, 2.45) is 0 Å².